The van der Waals surface area contributed by atoms with Crippen molar-refractivity contribution in [2.75, 3.05) is 5.75 Å². The van der Waals surface area contributed by atoms with Gasteiger partial charge in [-0.25, -0.2) is 9.37 Å². The van der Waals surface area contributed by atoms with Gasteiger partial charge in [0.2, 0.25) is 0 Å². The maximum atomic E-state index is 13.4. The van der Waals surface area contributed by atoms with E-state index in [1.807, 2.05) is 24.4 Å². The highest BCUT2D eigenvalue weighted by Gasteiger charge is 2.26. The number of para-hydroxylation sites is 1. The summed E-state index contributed by atoms with van der Waals surface area (Å²) >= 11 is 5.45. The molecule has 0 N–H and O–H groups in total. The Balaban J connectivity index is 1.86. The predicted octanol–water partition coefficient (Wildman–Crippen LogP) is 5.77. The Morgan fingerprint density at radius 3 is 2.73 bits per heavy atom. The van der Waals surface area contributed by atoms with E-state index in [0.717, 1.165) is 55.3 Å². The summed E-state index contributed by atoms with van der Waals surface area (Å²) in [5.41, 5.74) is 4.87. The molecule has 0 saturated carbocycles. The lowest BCUT2D eigenvalue weighted by molar-refractivity contribution is 0.628. The molecule has 6 heteroatoms. The van der Waals surface area contributed by atoms with E-state index in [-0.39, 0.29) is 5.82 Å². The molecule has 0 spiro atoms. The first-order valence-electron chi connectivity index (χ1n) is 8.25. The van der Waals surface area contributed by atoms with Crippen molar-refractivity contribution >= 4 is 38.6 Å². The zero-order valence-electron chi connectivity index (χ0n) is 13.6. The highest BCUT2D eigenvalue weighted by molar-refractivity contribution is 9.10. The SMILES string of the molecule is Fc1ccc(-c2nc3n(c2-c2c(Br)cnc4ccccc24)CCS3)cc1. The Morgan fingerprint density at radius 1 is 1.08 bits per heavy atom. The van der Waals surface area contributed by atoms with Gasteiger partial charge in [-0.3, -0.25) is 4.98 Å². The van der Waals surface area contributed by atoms with Crippen LogP contribution in [-0.2, 0) is 6.54 Å². The van der Waals surface area contributed by atoms with Crippen LogP contribution in [0.2, 0.25) is 0 Å². The first kappa shape index (κ1) is 16.0. The number of pyridine rings is 1. The Morgan fingerprint density at radius 2 is 1.88 bits per heavy atom. The minimum absolute atomic E-state index is 0.244. The highest BCUT2D eigenvalue weighted by atomic mass is 79.9. The molecule has 1 aliphatic rings. The second-order valence-electron chi connectivity index (χ2n) is 6.10. The second kappa shape index (κ2) is 6.21. The summed E-state index contributed by atoms with van der Waals surface area (Å²) in [5, 5.41) is 2.08. The molecule has 0 bridgehead atoms. The van der Waals surface area contributed by atoms with Crippen molar-refractivity contribution < 1.29 is 4.39 Å². The van der Waals surface area contributed by atoms with Gasteiger partial charge in [-0.15, -0.1) is 0 Å². The summed E-state index contributed by atoms with van der Waals surface area (Å²) in [7, 11) is 0. The zero-order chi connectivity index (χ0) is 17.7. The summed E-state index contributed by atoms with van der Waals surface area (Å²) in [4.78, 5) is 9.40. The van der Waals surface area contributed by atoms with E-state index in [0.29, 0.717) is 0 Å². The van der Waals surface area contributed by atoms with Crippen LogP contribution in [0, 0.1) is 5.82 Å². The van der Waals surface area contributed by atoms with Crippen molar-refractivity contribution in [2.24, 2.45) is 0 Å². The van der Waals surface area contributed by atoms with E-state index >= 15 is 0 Å². The van der Waals surface area contributed by atoms with Crippen molar-refractivity contribution in [1.29, 1.82) is 0 Å². The number of hydrogen-bond acceptors (Lipinski definition) is 3. The van der Waals surface area contributed by atoms with E-state index in [2.05, 4.69) is 31.5 Å². The largest absolute Gasteiger partial charge is 0.318 e. The average Bonchev–Trinajstić information content (AvgIpc) is 3.24. The van der Waals surface area contributed by atoms with Gasteiger partial charge < -0.3 is 4.57 Å². The summed E-state index contributed by atoms with van der Waals surface area (Å²) in [6, 6.07) is 14.7. The van der Waals surface area contributed by atoms with Crippen LogP contribution >= 0.6 is 27.7 Å². The third-order valence-electron chi connectivity index (χ3n) is 4.56. The molecule has 26 heavy (non-hydrogen) atoms. The van der Waals surface area contributed by atoms with E-state index in [1.165, 1.54) is 12.1 Å². The standard InChI is InChI=1S/C20H13BrFN3S/c21-15-11-23-16-4-2-1-3-14(16)17(15)19-18(12-5-7-13(22)8-6-12)24-20-25(19)9-10-26-20/h1-8,11H,9-10H2. The molecule has 128 valence electrons. The van der Waals surface area contributed by atoms with Crippen LogP contribution in [0.15, 0.2) is 64.4 Å². The number of rotatable bonds is 2. The van der Waals surface area contributed by atoms with Gasteiger partial charge in [0.25, 0.3) is 0 Å². The summed E-state index contributed by atoms with van der Waals surface area (Å²) in [6.07, 6.45) is 1.84. The van der Waals surface area contributed by atoms with Gasteiger partial charge in [0.15, 0.2) is 5.16 Å². The van der Waals surface area contributed by atoms with Crippen LogP contribution in [0.25, 0.3) is 33.4 Å². The van der Waals surface area contributed by atoms with Gasteiger partial charge in [-0.2, -0.15) is 0 Å². The van der Waals surface area contributed by atoms with Gasteiger partial charge in [-0.05, 0) is 46.3 Å². The highest BCUT2D eigenvalue weighted by Crippen LogP contribution is 2.43. The molecule has 2 aromatic heterocycles. The van der Waals surface area contributed by atoms with Crippen molar-refractivity contribution in [1.82, 2.24) is 14.5 Å². The van der Waals surface area contributed by atoms with Crippen LogP contribution in [0.3, 0.4) is 0 Å². The Labute approximate surface area is 162 Å². The van der Waals surface area contributed by atoms with Crippen molar-refractivity contribution in [3.63, 3.8) is 0 Å². The number of fused-ring (bicyclic) bond motifs is 2. The van der Waals surface area contributed by atoms with Crippen LogP contribution in [0.4, 0.5) is 4.39 Å². The number of hydrogen-bond donors (Lipinski definition) is 0. The van der Waals surface area contributed by atoms with Gasteiger partial charge >= 0.3 is 0 Å². The molecule has 5 rings (SSSR count). The lowest BCUT2D eigenvalue weighted by Crippen LogP contribution is -1.99. The quantitative estimate of drug-likeness (QED) is 0.408. The average molecular weight is 426 g/mol. The summed E-state index contributed by atoms with van der Waals surface area (Å²) in [5.74, 6) is 0.770. The predicted molar refractivity (Wildman–Crippen MR) is 107 cm³/mol. The van der Waals surface area contributed by atoms with Crippen LogP contribution < -0.4 is 0 Å². The molecule has 0 fully saturated rings. The zero-order valence-corrected chi connectivity index (χ0v) is 16.0. The molecular weight excluding hydrogens is 413 g/mol. The molecule has 0 aliphatic carbocycles. The van der Waals surface area contributed by atoms with Crippen LogP contribution in [0.1, 0.15) is 0 Å². The topological polar surface area (TPSA) is 30.7 Å². The maximum absolute atomic E-state index is 13.4. The molecule has 0 radical (unpaired) electrons. The van der Waals surface area contributed by atoms with Crippen LogP contribution in [0.5, 0.6) is 0 Å². The Hall–Kier alpha value is -2.18. The van der Waals surface area contributed by atoms with Gasteiger partial charge in [-0.1, -0.05) is 30.0 Å². The first-order chi connectivity index (χ1) is 12.7. The van der Waals surface area contributed by atoms with E-state index in [9.17, 15) is 4.39 Å². The lowest BCUT2D eigenvalue weighted by atomic mass is 10.0. The van der Waals surface area contributed by atoms with E-state index < -0.39 is 0 Å². The molecule has 2 aromatic carbocycles. The van der Waals surface area contributed by atoms with Crippen LogP contribution in [-0.4, -0.2) is 20.3 Å². The number of nitrogens with zero attached hydrogens (tertiary/aromatic N) is 3. The normalized spacial score (nSPS) is 13.3. The Bertz CT molecular complexity index is 1140. The number of thioether (sulfide) groups is 1. The second-order valence-corrected chi connectivity index (χ2v) is 8.01. The first-order valence-corrected chi connectivity index (χ1v) is 10.0. The summed E-state index contributed by atoms with van der Waals surface area (Å²) < 4.78 is 16.6. The molecule has 4 aromatic rings. The molecule has 0 unspecified atom stereocenters. The number of halogens is 2. The Kier molecular flexibility index (Phi) is 3.83. The third-order valence-corrected chi connectivity index (χ3v) is 6.12. The molecular formula is C20H13BrFN3S. The van der Waals surface area contributed by atoms with E-state index in [4.69, 9.17) is 4.98 Å². The summed E-state index contributed by atoms with van der Waals surface area (Å²) in [6.45, 7) is 0.909. The van der Waals surface area contributed by atoms with Crippen molar-refractivity contribution in [3.8, 4) is 22.5 Å². The third kappa shape index (κ3) is 2.47. The number of benzene rings is 2. The maximum Gasteiger partial charge on any atom is 0.169 e. The molecule has 0 amide bonds. The smallest absolute Gasteiger partial charge is 0.169 e. The van der Waals surface area contributed by atoms with Gasteiger partial charge in [0.05, 0.1) is 16.9 Å². The minimum Gasteiger partial charge on any atom is -0.318 e. The fraction of sp³-hybridized carbons (Fsp3) is 0.100. The number of aromatic nitrogens is 3. The monoisotopic (exact) mass is 425 g/mol. The lowest BCUT2D eigenvalue weighted by Gasteiger charge is -2.13. The molecule has 1 aliphatic heterocycles. The van der Waals surface area contributed by atoms with Crippen molar-refractivity contribution in [3.05, 3.63) is 65.0 Å². The molecule has 0 saturated heterocycles. The van der Waals surface area contributed by atoms with Crippen molar-refractivity contribution in [2.45, 2.75) is 11.7 Å². The van der Waals surface area contributed by atoms with E-state index in [1.54, 1.807) is 23.9 Å². The minimum atomic E-state index is -0.244. The fourth-order valence-corrected chi connectivity index (χ4v) is 4.85. The van der Waals surface area contributed by atoms with Gasteiger partial charge in [0, 0.05) is 39.5 Å². The molecule has 0 atom stereocenters. The number of imidazole rings is 1. The van der Waals surface area contributed by atoms with Gasteiger partial charge in [0.1, 0.15) is 5.82 Å². The molecule has 3 nitrogen and oxygen atoms in total. The fourth-order valence-electron chi connectivity index (χ4n) is 3.40. The molecule has 3 heterocycles.